The highest BCUT2D eigenvalue weighted by molar-refractivity contribution is 6.18. The summed E-state index contributed by atoms with van der Waals surface area (Å²) in [6.07, 6.45) is 2.56. The van der Waals surface area contributed by atoms with Crippen LogP contribution in [0.3, 0.4) is 0 Å². The maximum Gasteiger partial charge on any atom is 0.244 e. The van der Waals surface area contributed by atoms with Crippen molar-refractivity contribution in [3.63, 3.8) is 0 Å². The van der Waals surface area contributed by atoms with Gasteiger partial charge >= 0.3 is 0 Å². The fourth-order valence-electron chi connectivity index (χ4n) is 3.62. The Labute approximate surface area is 192 Å². The second kappa shape index (κ2) is 9.56. The molecule has 0 fully saturated rings. The molecule has 0 spiro atoms. The zero-order valence-electron chi connectivity index (χ0n) is 18.5. The SMILES string of the molecule is CCc1ccc(C2=Nc3cccnc3N(CC(=O)Nc3ccc(C(C)=O)cc3)C(=O)C2)cc1. The first kappa shape index (κ1) is 22.1. The number of Topliss-reactive ketones (excluding diaryl/α,β-unsaturated/α-hetero) is 1. The van der Waals surface area contributed by atoms with Crippen molar-refractivity contribution in [1.82, 2.24) is 4.98 Å². The first-order chi connectivity index (χ1) is 15.9. The maximum atomic E-state index is 13.2. The number of rotatable bonds is 6. The number of ketones is 1. The zero-order valence-corrected chi connectivity index (χ0v) is 18.5. The van der Waals surface area contributed by atoms with Crippen LogP contribution in [0.2, 0.25) is 0 Å². The number of aryl methyl sites for hydroxylation is 1. The third-order valence-electron chi connectivity index (χ3n) is 5.47. The topological polar surface area (TPSA) is 91.7 Å². The van der Waals surface area contributed by atoms with Gasteiger partial charge in [0.2, 0.25) is 11.8 Å². The molecule has 0 aliphatic carbocycles. The van der Waals surface area contributed by atoms with E-state index in [9.17, 15) is 14.4 Å². The third-order valence-corrected chi connectivity index (χ3v) is 5.47. The Morgan fingerprint density at radius 1 is 1.03 bits per heavy atom. The number of hydrogen-bond donors (Lipinski definition) is 1. The van der Waals surface area contributed by atoms with E-state index in [2.05, 4.69) is 17.2 Å². The summed E-state index contributed by atoms with van der Waals surface area (Å²) in [5, 5.41) is 2.77. The number of aliphatic imine (C=N–C) groups is 1. The predicted octanol–water partition coefficient (Wildman–Crippen LogP) is 4.34. The minimum absolute atomic E-state index is 0.0501. The molecule has 7 heteroatoms. The average molecular weight is 441 g/mol. The summed E-state index contributed by atoms with van der Waals surface area (Å²) in [6.45, 7) is 3.37. The lowest BCUT2D eigenvalue weighted by Gasteiger charge is -2.20. The summed E-state index contributed by atoms with van der Waals surface area (Å²) in [5.74, 6) is -0.324. The van der Waals surface area contributed by atoms with Crippen molar-refractivity contribution in [3.8, 4) is 0 Å². The van der Waals surface area contributed by atoms with Gasteiger partial charge in [0.25, 0.3) is 0 Å². The molecule has 0 saturated heterocycles. The molecule has 2 aromatic carbocycles. The van der Waals surface area contributed by atoms with Gasteiger partial charge in [0.15, 0.2) is 11.6 Å². The Balaban J connectivity index is 1.55. The number of fused-ring (bicyclic) bond motifs is 1. The molecule has 1 N–H and O–H groups in total. The molecule has 0 atom stereocenters. The van der Waals surface area contributed by atoms with Crippen molar-refractivity contribution in [1.29, 1.82) is 0 Å². The van der Waals surface area contributed by atoms with Gasteiger partial charge in [-0.05, 0) is 60.9 Å². The fraction of sp³-hybridized carbons (Fsp3) is 0.192. The number of hydrogen-bond acceptors (Lipinski definition) is 5. The van der Waals surface area contributed by atoms with E-state index in [0.29, 0.717) is 28.5 Å². The highest BCUT2D eigenvalue weighted by Crippen LogP contribution is 2.31. The van der Waals surface area contributed by atoms with Crippen LogP contribution in [0.25, 0.3) is 0 Å². The van der Waals surface area contributed by atoms with Gasteiger partial charge in [-0.15, -0.1) is 0 Å². The van der Waals surface area contributed by atoms with Crippen LogP contribution in [-0.2, 0) is 16.0 Å². The Kier molecular flexibility index (Phi) is 6.40. The molecule has 0 radical (unpaired) electrons. The van der Waals surface area contributed by atoms with Crippen LogP contribution in [0.5, 0.6) is 0 Å². The summed E-state index contributed by atoms with van der Waals surface area (Å²) in [4.78, 5) is 47.8. The number of nitrogens with one attached hydrogen (secondary N) is 1. The molecular formula is C26H24N4O3. The molecule has 0 bridgehead atoms. The van der Waals surface area contributed by atoms with E-state index in [1.54, 1.807) is 42.6 Å². The molecular weight excluding hydrogens is 416 g/mol. The van der Waals surface area contributed by atoms with Crippen molar-refractivity contribution in [2.45, 2.75) is 26.7 Å². The zero-order chi connectivity index (χ0) is 23.4. The van der Waals surface area contributed by atoms with Gasteiger partial charge in [-0.1, -0.05) is 31.2 Å². The van der Waals surface area contributed by atoms with Crippen molar-refractivity contribution >= 4 is 40.5 Å². The van der Waals surface area contributed by atoms with Crippen molar-refractivity contribution in [2.24, 2.45) is 4.99 Å². The number of anilines is 2. The normalized spacial score (nSPS) is 13.1. The van der Waals surface area contributed by atoms with Crippen LogP contribution in [0, 0.1) is 0 Å². The van der Waals surface area contributed by atoms with E-state index in [4.69, 9.17) is 4.99 Å². The van der Waals surface area contributed by atoms with Gasteiger partial charge in [-0.25, -0.2) is 9.98 Å². The fourth-order valence-corrected chi connectivity index (χ4v) is 3.62. The summed E-state index contributed by atoms with van der Waals surface area (Å²) >= 11 is 0. The molecule has 2 amide bonds. The first-order valence-electron chi connectivity index (χ1n) is 10.8. The van der Waals surface area contributed by atoms with Crippen LogP contribution < -0.4 is 10.2 Å². The predicted molar refractivity (Wildman–Crippen MR) is 128 cm³/mol. The number of aromatic nitrogens is 1. The average Bonchev–Trinajstić information content (AvgIpc) is 2.96. The quantitative estimate of drug-likeness (QED) is 0.577. The second-order valence-corrected chi connectivity index (χ2v) is 7.79. The van der Waals surface area contributed by atoms with E-state index in [-0.39, 0.29) is 30.6 Å². The molecule has 166 valence electrons. The number of benzene rings is 2. The number of carbonyl (C=O) groups excluding carboxylic acids is 3. The number of carbonyl (C=O) groups is 3. The van der Waals surface area contributed by atoms with E-state index < -0.39 is 0 Å². The number of pyridine rings is 1. The van der Waals surface area contributed by atoms with Gasteiger partial charge in [0.1, 0.15) is 12.2 Å². The largest absolute Gasteiger partial charge is 0.325 e. The Morgan fingerprint density at radius 3 is 2.42 bits per heavy atom. The summed E-state index contributed by atoms with van der Waals surface area (Å²) in [7, 11) is 0. The molecule has 2 heterocycles. The van der Waals surface area contributed by atoms with E-state index >= 15 is 0 Å². The van der Waals surface area contributed by atoms with Crippen LogP contribution in [0.15, 0.2) is 71.9 Å². The second-order valence-electron chi connectivity index (χ2n) is 7.79. The molecule has 0 saturated carbocycles. The summed E-state index contributed by atoms with van der Waals surface area (Å²) in [6, 6.07) is 18.1. The smallest absolute Gasteiger partial charge is 0.244 e. The minimum atomic E-state index is -0.369. The first-order valence-corrected chi connectivity index (χ1v) is 10.8. The minimum Gasteiger partial charge on any atom is -0.325 e. The molecule has 1 aliphatic rings. The van der Waals surface area contributed by atoms with E-state index in [0.717, 1.165) is 12.0 Å². The summed E-state index contributed by atoms with van der Waals surface area (Å²) < 4.78 is 0. The van der Waals surface area contributed by atoms with Gasteiger partial charge < -0.3 is 5.32 Å². The van der Waals surface area contributed by atoms with Crippen LogP contribution in [0.1, 0.15) is 41.8 Å². The van der Waals surface area contributed by atoms with Gasteiger partial charge in [-0.3, -0.25) is 19.3 Å². The van der Waals surface area contributed by atoms with Crippen molar-refractivity contribution in [3.05, 3.63) is 83.6 Å². The van der Waals surface area contributed by atoms with Crippen LogP contribution >= 0.6 is 0 Å². The van der Waals surface area contributed by atoms with E-state index in [1.165, 1.54) is 17.4 Å². The molecule has 1 aromatic heterocycles. The summed E-state index contributed by atoms with van der Waals surface area (Å²) in [5.41, 5.74) is 4.35. The maximum absolute atomic E-state index is 13.2. The molecule has 33 heavy (non-hydrogen) atoms. The highest BCUT2D eigenvalue weighted by atomic mass is 16.2. The van der Waals surface area contributed by atoms with Crippen LogP contribution in [-0.4, -0.2) is 34.8 Å². The van der Waals surface area contributed by atoms with Gasteiger partial charge in [0.05, 0.1) is 12.1 Å². The van der Waals surface area contributed by atoms with Gasteiger partial charge in [0, 0.05) is 17.4 Å². The molecule has 7 nitrogen and oxygen atoms in total. The molecule has 3 aromatic rings. The highest BCUT2D eigenvalue weighted by Gasteiger charge is 2.27. The monoisotopic (exact) mass is 440 g/mol. The Morgan fingerprint density at radius 2 is 1.76 bits per heavy atom. The van der Waals surface area contributed by atoms with Crippen molar-refractivity contribution < 1.29 is 14.4 Å². The molecule has 1 aliphatic heterocycles. The molecule has 4 rings (SSSR count). The lowest BCUT2D eigenvalue weighted by molar-refractivity contribution is -0.120. The van der Waals surface area contributed by atoms with E-state index in [1.807, 2.05) is 24.3 Å². The Hall–Kier alpha value is -4.13. The number of nitrogens with zero attached hydrogens (tertiary/aromatic N) is 3. The van der Waals surface area contributed by atoms with Gasteiger partial charge in [-0.2, -0.15) is 0 Å². The standard InChI is InChI=1S/C26H24N4O3/c1-3-18-6-8-20(9-7-18)23-15-25(33)30(26-22(29-23)5-4-14-27-26)16-24(32)28-21-12-10-19(11-13-21)17(2)31/h4-14H,3,15-16H2,1-2H3,(H,28,32). The molecule has 0 unspecified atom stereocenters. The van der Waals surface area contributed by atoms with Crippen LogP contribution in [0.4, 0.5) is 17.2 Å². The lowest BCUT2D eigenvalue weighted by Crippen LogP contribution is -2.39. The van der Waals surface area contributed by atoms with Crippen molar-refractivity contribution in [2.75, 3.05) is 16.8 Å². The lowest BCUT2D eigenvalue weighted by atomic mass is 10.0. The Bertz CT molecular complexity index is 1230. The third kappa shape index (κ3) is 5.03. The number of amides is 2.